The highest BCUT2D eigenvalue weighted by Crippen LogP contribution is 2.42. The van der Waals surface area contributed by atoms with E-state index < -0.39 is 0 Å². The number of thiazole rings is 1. The van der Waals surface area contributed by atoms with Crippen LogP contribution in [0.1, 0.15) is 5.69 Å². The van der Waals surface area contributed by atoms with Gasteiger partial charge in [0.25, 0.3) is 5.91 Å². The summed E-state index contributed by atoms with van der Waals surface area (Å²) in [6.07, 6.45) is 1.78. The summed E-state index contributed by atoms with van der Waals surface area (Å²) in [6, 6.07) is 0.0137. The smallest absolute Gasteiger partial charge is 0.276 e. The number of carbonyl (C=O) groups excluding carboxylic acids is 1. The molecule has 0 radical (unpaired) electrons. The van der Waals surface area contributed by atoms with Crippen molar-refractivity contribution < 1.29 is 14.4 Å². The zero-order valence-corrected chi connectivity index (χ0v) is 14.4. The first kappa shape index (κ1) is 15.3. The molecule has 4 rings (SSSR count). The number of oxime groups is 1. The summed E-state index contributed by atoms with van der Waals surface area (Å²) in [6.45, 7) is 1.36. The van der Waals surface area contributed by atoms with E-state index in [1.807, 2.05) is 0 Å². The molecule has 1 amide bonds. The van der Waals surface area contributed by atoms with Gasteiger partial charge in [-0.15, -0.1) is 23.1 Å². The van der Waals surface area contributed by atoms with Crippen LogP contribution in [0.2, 0.25) is 0 Å². The van der Waals surface area contributed by atoms with Gasteiger partial charge in [-0.25, -0.2) is 4.98 Å². The number of aromatic nitrogens is 1. The van der Waals surface area contributed by atoms with E-state index >= 15 is 0 Å². The molecule has 8 nitrogen and oxygen atoms in total. The van der Waals surface area contributed by atoms with Crippen LogP contribution in [0.15, 0.2) is 33.5 Å². The highest BCUT2D eigenvalue weighted by Gasteiger charge is 2.45. The number of hydrogen-bond donors (Lipinski definition) is 2. The third-order valence-electron chi connectivity index (χ3n) is 3.95. The molecular weight excluding hydrogens is 350 g/mol. The second kappa shape index (κ2) is 6.02. The molecule has 2 unspecified atom stereocenters. The molecule has 0 spiro atoms. The second-order valence-electron chi connectivity index (χ2n) is 5.41. The summed E-state index contributed by atoms with van der Waals surface area (Å²) >= 11 is 2.94. The minimum absolute atomic E-state index is 0.0137. The molecule has 1 fully saturated rings. The summed E-state index contributed by atoms with van der Waals surface area (Å²) in [5, 5.41) is 11.1. The van der Waals surface area contributed by atoms with Crippen LogP contribution in [-0.4, -0.2) is 53.2 Å². The lowest BCUT2D eigenvalue weighted by Gasteiger charge is -2.50. The Morgan fingerprint density at radius 3 is 3.25 bits per heavy atom. The normalized spacial score (nSPS) is 24.9. The number of amides is 1. The predicted molar refractivity (Wildman–Crippen MR) is 92.2 cm³/mol. The highest BCUT2D eigenvalue weighted by molar-refractivity contribution is 8.02. The first-order chi connectivity index (χ1) is 11.7. The zero-order chi connectivity index (χ0) is 16.7. The van der Waals surface area contributed by atoms with Gasteiger partial charge in [-0.3, -0.25) is 4.79 Å². The molecule has 1 aromatic heterocycles. The Kier molecular flexibility index (Phi) is 3.85. The maximum Gasteiger partial charge on any atom is 0.276 e. The standard InChI is InChI=1S/C14H15N5O3S2/c1-21-18-11(9-6-24-14(15)17-9)12(20)16-8-2-19-10-4-22-3-7(10)5-23-13(8)19/h4-6,8,13H,2-3H2,1H3,(H2,15,17)(H,16,20). The van der Waals surface area contributed by atoms with E-state index in [9.17, 15) is 4.79 Å². The topological polar surface area (TPSA) is 102 Å². The van der Waals surface area contributed by atoms with Crippen molar-refractivity contribution in [3.63, 3.8) is 0 Å². The second-order valence-corrected chi connectivity index (χ2v) is 7.29. The number of nitrogens with zero attached hydrogens (tertiary/aromatic N) is 3. The van der Waals surface area contributed by atoms with Gasteiger partial charge in [-0.1, -0.05) is 5.16 Å². The van der Waals surface area contributed by atoms with E-state index in [4.69, 9.17) is 15.3 Å². The third kappa shape index (κ3) is 2.51. The Hall–Kier alpha value is -2.20. The van der Waals surface area contributed by atoms with Gasteiger partial charge in [-0.2, -0.15) is 0 Å². The van der Waals surface area contributed by atoms with Crippen LogP contribution in [0.3, 0.4) is 0 Å². The Labute approximate surface area is 146 Å². The van der Waals surface area contributed by atoms with E-state index in [1.165, 1.54) is 24.0 Å². The molecule has 2 atom stereocenters. The number of rotatable bonds is 4. The van der Waals surface area contributed by atoms with Gasteiger partial charge in [0.2, 0.25) is 0 Å². The van der Waals surface area contributed by atoms with Crippen LogP contribution < -0.4 is 11.1 Å². The maximum absolute atomic E-state index is 12.6. The fourth-order valence-corrected chi connectivity index (χ4v) is 4.52. The lowest BCUT2D eigenvalue weighted by Crippen LogP contribution is -2.65. The highest BCUT2D eigenvalue weighted by atomic mass is 32.2. The Morgan fingerprint density at radius 2 is 2.50 bits per heavy atom. The van der Waals surface area contributed by atoms with Gasteiger partial charge >= 0.3 is 0 Å². The van der Waals surface area contributed by atoms with Gasteiger partial charge in [0.1, 0.15) is 31.0 Å². The molecule has 3 aliphatic rings. The SMILES string of the molecule is CON=C(C(=O)NC1CN2C3=COCC3=CSC12)c1csc(N)n1. The Bertz CT molecular complexity index is 772. The Morgan fingerprint density at radius 1 is 1.62 bits per heavy atom. The van der Waals surface area contributed by atoms with Crippen molar-refractivity contribution in [1.82, 2.24) is 15.2 Å². The molecular formula is C14H15N5O3S2. The molecule has 3 N–H and O–H groups in total. The number of nitrogens with two attached hydrogens (primary N) is 1. The van der Waals surface area contributed by atoms with Crippen LogP contribution in [0.4, 0.5) is 5.13 Å². The molecule has 10 heteroatoms. The predicted octanol–water partition coefficient (Wildman–Crippen LogP) is 0.705. The van der Waals surface area contributed by atoms with Crippen LogP contribution in [0.5, 0.6) is 0 Å². The zero-order valence-electron chi connectivity index (χ0n) is 12.8. The number of anilines is 1. The number of hydrogen-bond acceptors (Lipinski definition) is 9. The van der Waals surface area contributed by atoms with Crippen molar-refractivity contribution in [2.24, 2.45) is 5.16 Å². The molecule has 0 saturated carbocycles. The number of fused-ring (bicyclic) bond motifs is 3. The van der Waals surface area contributed by atoms with E-state index in [1.54, 1.807) is 23.4 Å². The van der Waals surface area contributed by atoms with Gasteiger partial charge in [0.15, 0.2) is 10.8 Å². The molecule has 1 saturated heterocycles. The average molecular weight is 365 g/mol. The molecule has 3 aliphatic heterocycles. The minimum atomic E-state index is -0.321. The average Bonchev–Trinajstić information content (AvgIpc) is 3.18. The largest absolute Gasteiger partial charge is 0.494 e. The maximum atomic E-state index is 12.6. The van der Waals surface area contributed by atoms with Crippen molar-refractivity contribution in [2.45, 2.75) is 11.4 Å². The van der Waals surface area contributed by atoms with Crippen molar-refractivity contribution >= 4 is 39.8 Å². The number of thioether (sulfide) groups is 1. The summed E-state index contributed by atoms with van der Waals surface area (Å²) < 4.78 is 5.36. The third-order valence-corrected chi connectivity index (χ3v) is 5.90. The molecule has 126 valence electrons. The van der Waals surface area contributed by atoms with E-state index in [2.05, 4.69) is 25.8 Å². The minimum Gasteiger partial charge on any atom is -0.494 e. The first-order valence-electron chi connectivity index (χ1n) is 7.24. The van der Waals surface area contributed by atoms with Crippen LogP contribution >= 0.6 is 23.1 Å². The fraction of sp³-hybridized carbons (Fsp3) is 0.357. The lowest BCUT2D eigenvalue weighted by atomic mass is 10.0. The molecule has 0 aliphatic carbocycles. The van der Waals surface area contributed by atoms with E-state index in [0.29, 0.717) is 17.4 Å². The quantitative estimate of drug-likeness (QED) is 0.598. The molecule has 1 aromatic rings. The number of nitrogen functional groups attached to an aromatic ring is 1. The summed E-state index contributed by atoms with van der Waals surface area (Å²) in [5.41, 5.74) is 8.49. The molecule has 0 bridgehead atoms. The van der Waals surface area contributed by atoms with Crippen molar-refractivity contribution in [1.29, 1.82) is 0 Å². The molecule has 4 heterocycles. The van der Waals surface area contributed by atoms with Gasteiger partial charge in [-0.05, 0) is 5.41 Å². The van der Waals surface area contributed by atoms with Gasteiger partial charge in [0, 0.05) is 17.5 Å². The van der Waals surface area contributed by atoms with Gasteiger partial charge in [0.05, 0.1) is 11.7 Å². The summed E-state index contributed by atoms with van der Waals surface area (Å²) in [7, 11) is 1.39. The van der Waals surface area contributed by atoms with E-state index in [-0.39, 0.29) is 23.0 Å². The van der Waals surface area contributed by atoms with Crippen LogP contribution in [-0.2, 0) is 14.4 Å². The van der Waals surface area contributed by atoms with Crippen LogP contribution in [0.25, 0.3) is 0 Å². The monoisotopic (exact) mass is 365 g/mol. The summed E-state index contributed by atoms with van der Waals surface area (Å²) in [4.78, 5) is 23.7. The molecule has 24 heavy (non-hydrogen) atoms. The van der Waals surface area contributed by atoms with E-state index in [0.717, 1.165) is 12.2 Å². The first-order valence-corrected chi connectivity index (χ1v) is 9.06. The van der Waals surface area contributed by atoms with Crippen molar-refractivity contribution in [2.75, 3.05) is 26.0 Å². The van der Waals surface area contributed by atoms with Gasteiger partial charge < -0.3 is 25.5 Å². The molecule has 0 aromatic carbocycles. The fourth-order valence-electron chi connectivity index (χ4n) is 2.79. The number of nitrogens with one attached hydrogen (secondary N) is 1. The van der Waals surface area contributed by atoms with Crippen molar-refractivity contribution in [3.05, 3.63) is 34.0 Å². The number of ether oxygens (including phenoxy) is 1. The van der Waals surface area contributed by atoms with Crippen LogP contribution in [0, 0.1) is 0 Å². The Balaban J connectivity index is 1.46. The summed E-state index contributed by atoms with van der Waals surface area (Å²) in [5.74, 6) is -0.321. The lowest BCUT2D eigenvalue weighted by molar-refractivity contribution is -0.116. The number of carbonyl (C=O) groups is 1. The van der Waals surface area contributed by atoms with Crippen molar-refractivity contribution in [3.8, 4) is 0 Å².